The summed E-state index contributed by atoms with van der Waals surface area (Å²) in [4.78, 5) is 0. The lowest BCUT2D eigenvalue weighted by molar-refractivity contribution is 0.475. The van der Waals surface area contributed by atoms with Crippen molar-refractivity contribution in [3.8, 4) is 11.8 Å². The first-order valence-corrected chi connectivity index (χ1v) is 6.70. The van der Waals surface area contributed by atoms with Gasteiger partial charge in [0.1, 0.15) is 5.75 Å². The molecule has 0 aliphatic carbocycles. The fourth-order valence-electron chi connectivity index (χ4n) is 2.16. The Morgan fingerprint density at radius 1 is 1.20 bits per heavy atom. The Morgan fingerprint density at radius 2 is 1.90 bits per heavy atom. The van der Waals surface area contributed by atoms with Gasteiger partial charge in [-0.05, 0) is 48.7 Å². The van der Waals surface area contributed by atoms with E-state index in [0.717, 1.165) is 23.2 Å². The first-order chi connectivity index (χ1) is 9.63. The Labute approximate surface area is 119 Å². The number of nitriles is 1. The number of phenolic OH excluding ortho intramolecular Hbond substituents is 1. The topological polar surface area (TPSA) is 56.0 Å². The van der Waals surface area contributed by atoms with Crippen LogP contribution in [0.3, 0.4) is 0 Å². The molecule has 0 radical (unpaired) electrons. The zero-order chi connectivity index (χ0) is 14.5. The molecule has 0 fully saturated rings. The molecule has 2 rings (SSSR count). The van der Waals surface area contributed by atoms with Gasteiger partial charge < -0.3 is 10.4 Å². The molecule has 0 bridgehead atoms. The van der Waals surface area contributed by atoms with Gasteiger partial charge in [0.2, 0.25) is 0 Å². The van der Waals surface area contributed by atoms with Crippen molar-refractivity contribution in [2.24, 2.45) is 0 Å². The van der Waals surface area contributed by atoms with Gasteiger partial charge in [-0.15, -0.1) is 0 Å². The molecule has 2 N–H and O–H groups in total. The highest BCUT2D eigenvalue weighted by atomic mass is 16.3. The SMILES string of the molecule is CCC(Nc1cc(C#N)ccc1C)c1ccc(O)cc1. The number of hydrogen-bond acceptors (Lipinski definition) is 3. The molecule has 102 valence electrons. The first kappa shape index (κ1) is 14.0. The molecule has 0 saturated heterocycles. The van der Waals surface area contributed by atoms with Crippen LogP contribution in [0.25, 0.3) is 0 Å². The highest BCUT2D eigenvalue weighted by molar-refractivity contribution is 5.56. The predicted molar refractivity (Wildman–Crippen MR) is 80.7 cm³/mol. The molecule has 1 atom stereocenters. The largest absolute Gasteiger partial charge is 0.508 e. The summed E-state index contributed by atoms with van der Waals surface area (Å²) in [6, 6.07) is 15.2. The second-order valence-electron chi connectivity index (χ2n) is 4.84. The van der Waals surface area contributed by atoms with E-state index in [9.17, 15) is 5.11 Å². The highest BCUT2D eigenvalue weighted by Crippen LogP contribution is 2.26. The van der Waals surface area contributed by atoms with E-state index in [2.05, 4.69) is 18.3 Å². The maximum atomic E-state index is 9.36. The fraction of sp³-hybridized carbons (Fsp3) is 0.235. The van der Waals surface area contributed by atoms with Crippen molar-refractivity contribution in [1.82, 2.24) is 0 Å². The Bertz CT molecular complexity index is 626. The van der Waals surface area contributed by atoms with Crippen molar-refractivity contribution in [3.05, 3.63) is 59.2 Å². The number of phenols is 1. The van der Waals surface area contributed by atoms with Crippen LogP contribution in [-0.2, 0) is 0 Å². The van der Waals surface area contributed by atoms with Gasteiger partial charge >= 0.3 is 0 Å². The average Bonchev–Trinajstić information content (AvgIpc) is 2.47. The molecule has 0 spiro atoms. The molecule has 20 heavy (non-hydrogen) atoms. The molecule has 0 heterocycles. The molecule has 2 aromatic carbocycles. The number of nitrogens with one attached hydrogen (secondary N) is 1. The summed E-state index contributed by atoms with van der Waals surface area (Å²) in [5.74, 6) is 0.270. The summed E-state index contributed by atoms with van der Waals surface area (Å²) in [6.07, 6.45) is 0.918. The minimum Gasteiger partial charge on any atom is -0.508 e. The van der Waals surface area contributed by atoms with E-state index < -0.39 is 0 Å². The van der Waals surface area contributed by atoms with Gasteiger partial charge in [0.15, 0.2) is 0 Å². The highest BCUT2D eigenvalue weighted by Gasteiger charge is 2.10. The zero-order valence-corrected chi connectivity index (χ0v) is 11.7. The standard InChI is InChI=1S/C17H18N2O/c1-3-16(14-6-8-15(20)9-7-14)19-17-10-13(11-18)5-4-12(17)2/h4-10,16,19-20H,3H2,1-2H3. The lowest BCUT2D eigenvalue weighted by Crippen LogP contribution is -2.10. The summed E-state index contributed by atoms with van der Waals surface area (Å²) in [6.45, 7) is 4.13. The lowest BCUT2D eigenvalue weighted by atomic mass is 10.0. The van der Waals surface area contributed by atoms with E-state index in [0.29, 0.717) is 5.56 Å². The molecule has 1 unspecified atom stereocenters. The molecule has 0 amide bonds. The molecule has 2 aromatic rings. The fourth-order valence-corrected chi connectivity index (χ4v) is 2.16. The number of aryl methyl sites for hydroxylation is 1. The smallest absolute Gasteiger partial charge is 0.115 e. The van der Waals surface area contributed by atoms with E-state index in [1.165, 1.54) is 0 Å². The van der Waals surface area contributed by atoms with Crippen LogP contribution < -0.4 is 5.32 Å². The van der Waals surface area contributed by atoms with Crippen molar-refractivity contribution in [2.45, 2.75) is 26.3 Å². The van der Waals surface area contributed by atoms with Crippen molar-refractivity contribution >= 4 is 5.69 Å². The van der Waals surface area contributed by atoms with Crippen molar-refractivity contribution < 1.29 is 5.11 Å². The molecule has 0 aliphatic rings. The summed E-state index contributed by atoms with van der Waals surface area (Å²) >= 11 is 0. The Hall–Kier alpha value is -2.47. The minimum atomic E-state index is 0.156. The van der Waals surface area contributed by atoms with Gasteiger partial charge in [-0.2, -0.15) is 5.26 Å². The zero-order valence-electron chi connectivity index (χ0n) is 11.7. The van der Waals surface area contributed by atoms with Crippen molar-refractivity contribution in [3.63, 3.8) is 0 Å². The maximum absolute atomic E-state index is 9.36. The predicted octanol–water partition coefficient (Wildman–Crippen LogP) is 4.14. The number of hydrogen-bond donors (Lipinski definition) is 2. The van der Waals surface area contributed by atoms with Gasteiger partial charge in [0.25, 0.3) is 0 Å². The van der Waals surface area contributed by atoms with Gasteiger partial charge in [-0.25, -0.2) is 0 Å². The van der Waals surface area contributed by atoms with Crippen LogP contribution in [0.5, 0.6) is 5.75 Å². The Morgan fingerprint density at radius 3 is 2.50 bits per heavy atom. The van der Waals surface area contributed by atoms with Crippen LogP contribution in [0.1, 0.15) is 36.1 Å². The monoisotopic (exact) mass is 266 g/mol. The first-order valence-electron chi connectivity index (χ1n) is 6.70. The molecular weight excluding hydrogens is 248 g/mol. The van der Waals surface area contributed by atoms with Gasteiger partial charge in [-0.1, -0.05) is 25.1 Å². The lowest BCUT2D eigenvalue weighted by Gasteiger charge is -2.20. The molecule has 0 aliphatic heterocycles. The second kappa shape index (κ2) is 6.12. The molecule has 0 aromatic heterocycles. The van der Waals surface area contributed by atoms with E-state index in [1.54, 1.807) is 12.1 Å². The van der Waals surface area contributed by atoms with E-state index in [-0.39, 0.29) is 11.8 Å². The van der Waals surface area contributed by atoms with Gasteiger partial charge in [0, 0.05) is 5.69 Å². The molecular formula is C17H18N2O. The Balaban J connectivity index is 2.26. The third kappa shape index (κ3) is 3.10. The average molecular weight is 266 g/mol. The number of anilines is 1. The summed E-state index contributed by atoms with van der Waals surface area (Å²) < 4.78 is 0. The van der Waals surface area contributed by atoms with Gasteiger partial charge in [-0.3, -0.25) is 0 Å². The third-order valence-corrected chi connectivity index (χ3v) is 3.40. The molecule has 3 heteroatoms. The number of nitrogens with zero attached hydrogens (tertiary/aromatic N) is 1. The number of aromatic hydroxyl groups is 1. The summed E-state index contributed by atoms with van der Waals surface area (Å²) in [5.41, 5.74) is 3.86. The molecule has 0 saturated carbocycles. The normalized spacial score (nSPS) is 11.7. The summed E-state index contributed by atoms with van der Waals surface area (Å²) in [7, 11) is 0. The quantitative estimate of drug-likeness (QED) is 0.874. The van der Waals surface area contributed by atoms with Crippen LogP contribution >= 0.6 is 0 Å². The molecule has 3 nitrogen and oxygen atoms in total. The number of rotatable bonds is 4. The van der Waals surface area contributed by atoms with Crippen LogP contribution in [0.4, 0.5) is 5.69 Å². The van der Waals surface area contributed by atoms with Crippen LogP contribution in [0.15, 0.2) is 42.5 Å². The van der Waals surface area contributed by atoms with E-state index in [4.69, 9.17) is 5.26 Å². The second-order valence-corrected chi connectivity index (χ2v) is 4.84. The maximum Gasteiger partial charge on any atom is 0.115 e. The van der Waals surface area contributed by atoms with Gasteiger partial charge in [0.05, 0.1) is 17.7 Å². The summed E-state index contributed by atoms with van der Waals surface area (Å²) in [5, 5.41) is 21.8. The Kier molecular flexibility index (Phi) is 4.27. The number of benzene rings is 2. The van der Waals surface area contributed by atoms with Crippen molar-refractivity contribution in [2.75, 3.05) is 5.32 Å². The minimum absolute atomic E-state index is 0.156. The van der Waals surface area contributed by atoms with Crippen molar-refractivity contribution in [1.29, 1.82) is 5.26 Å². The van der Waals surface area contributed by atoms with E-state index in [1.807, 2.05) is 37.3 Å². The van der Waals surface area contributed by atoms with Crippen LogP contribution in [-0.4, -0.2) is 5.11 Å². The van der Waals surface area contributed by atoms with Crippen LogP contribution in [0, 0.1) is 18.3 Å². The van der Waals surface area contributed by atoms with Crippen LogP contribution in [0.2, 0.25) is 0 Å². The van der Waals surface area contributed by atoms with E-state index >= 15 is 0 Å². The third-order valence-electron chi connectivity index (χ3n) is 3.40.